The number of aliphatic carboxylic acids is 1. The summed E-state index contributed by atoms with van der Waals surface area (Å²) >= 11 is 0. The highest BCUT2D eigenvalue weighted by Crippen LogP contribution is 2.00. The lowest BCUT2D eigenvalue weighted by Gasteiger charge is -2.18. The van der Waals surface area contributed by atoms with Gasteiger partial charge in [0.2, 0.25) is 5.91 Å². The smallest absolute Gasteiger partial charge is 0.336 e. The zero-order valence-electron chi connectivity index (χ0n) is 9.91. The molecule has 6 heteroatoms. The predicted octanol–water partition coefficient (Wildman–Crippen LogP) is -0.816. The van der Waals surface area contributed by atoms with Crippen molar-refractivity contribution in [2.45, 2.75) is 26.4 Å². The molecule has 0 fully saturated rings. The van der Waals surface area contributed by atoms with Crippen molar-refractivity contribution in [1.29, 1.82) is 0 Å². The van der Waals surface area contributed by atoms with Crippen LogP contribution in [0.15, 0.2) is 0 Å². The van der Waals surface area contributed by atoms with Crippen molar-refractivity contribution in [3.8, 4) is 0 Å². The molecule has 0 saturated heterocycles. The molecule has 0 aliphatic rings. The average Bonchev–Trinajstić information content (AvgIpc) is 2.14. The molecule has 6 nitrogen and oxygen atoms in total. The molecule has 1 unspecified atom stereocenters. The van der Waals surface area contributed by atoms with Crippen molar-refractivity contribution >= 4 is 11.9 Å². The zero-order valence-corrected chi connectivity index (χ0v) is 9.91. The highest BCUT2D eigenvalue weighted by atomic mass is 16.4. The van der Waals surface area contributed by atoms with E-state index in [0.29, 0.717) is 12.5 Å². The van der Waals surface area contributed by atoms with Crippen LogP contribution in [0, 0.1) is 5.92 Å². The number of hydrogen-bond acceptors (Lipinski definition) is 4. The van der Waals surface area contributed by atoms with Gasteiger partial charge >= 0.3 is 5.97 Å². The molecular formula is C10H20N2O4. The van der Waals surface area contributed by atoms with E-state index >= 15 is 0 Å². The third-order valence-corrected chi connectivity index (χ3v) is 1.92. The van der Waals surface area contributed by atoms with Crippen molar-refractivity contribution in [3.05, 3.63) is 0 Å². The van der Waals surface area contributed by atoms with Crippen molar-refractivity contribution in [2.24, 2.45) is 5.92 Å². The fourth-order valence-electron chi connectivity index (χ4n) is 0.876. The van der Waals surface area contributed by atoms with Gasteiger partial charge in [-0.15, -0.1) is 0 Å². The number of carboxylic acids is 1. The summed E-state index contributed by atoms with van der Waals surface area (Å²) in [6.07, 6.45) is 0. The Hall–Kier alpha value is -1.14. The summed E-state index contributed by atoms with van der Waals surface area (Å²) in [5.74, 6) is -1.16. The van der Waals surface area contributed by atoms with E-state index in [4.69, 9.17) is 5.11 Å². The quantitative estimate of drug-likeness (QED) is 0.460. The number of carbonyl (C=O) groups is 2. The zero-order chi connectivity index (χ0) is 12.8. The van der Waals surface area contributed by atoms with Crippen molar-refractivity contribution < 1.29 is 19.8 Å². The lowest BCUT2D eigenvalue weighted by molar-refractivity contribution is -0.156. The second-order valence-corrected chi connectivity index (χ2v) is 4.38. The van der Waals surface area contributed by atoms with Crippen LogP contribution in [-0.4, -0.2) is 47.3 Å². The van der Waals surface area contributed by atoms with E-state index in [-0.39, 0.29) is 19.0 Å². The molecule has 0 radical (unpaired) electrons. The molecule has 0 aromatic rings. The molecule has 0 aliphatic carbocycles. The normalized spacial score (nSPS) is 14.6. The molecule has 0 heterocycles. The van der Waals surface area contributed by atoms with Crippen LogP contribution < -0.4 is 10.6 Å². The van der Waals surface area contributed by atoms with Gasteiger partial charge in [0.05, 0.1) is 6.54 Å². The third kappa shape index (κ3) is 6.36. The highest BCUT2D eigenvalue weighted by Gasteiger charge is 2.29. The van der Waals surface area contributed by atoms with Gasteiger partial charge in [-0.1, -0.05) is 13.8 Å². The van der Waals surface area contributed by atoms with Crippen LogP contribution in [0.2, 0.25) is 0 Å². The molecule has 94 valence electrons. The fourth-order valence-corrected chi connectivity index (χ4v) is 0.876. The lowest BCUT2D eigenvalue weighted by atomic mass is 10.1. The summed E-state index contributed by atoms with van der Waals surface area (Å²) < 4.78 is 0. The summed E-state index contributed by atoms with van der Waals surface area (Å²) in [4.78, 5) is 21.7. The molecule has 0 bridgehead atoms. The molecule has 16 heavy (non-hydrogen) atoms. The van der Waals surface area contributed by atoms with Gasteiger partial charge in [0.1, 0.15) is 0 Å². The minimum absolute atomic E-state index is 0.00382. The predicted molar refractivity (Wildman–Crippen MR) is 59.0 cm³/mol. The second kappa shape index (κ2) is 6.44. The standard InChI is InChI=1S/C10H20N2O4/c1-7(2)4-12-8(13)5-11-6-10(3,16)9(14)15/h7,11,16H,4-6H2,1-3H3,(H,12,13)(H,14,15). The van der Waals surface area contributed by atoms with Gasteiger partial charge in [-0.2, -0.15) is 0 Å². The van der Waals surface area contributed by atoms with E-state index in [0.717, 1.165) is 0 Å². The van der Waals surface area contributed by atoms with Crippen molar-refractivity contribution in [1.82, 2.24) is 10.6 Å². The highest BCUT2D eigenvalue weighted by molar-refractivity contribution is 5.79. The molecule has 4 N–H and O–H groups in total. The number of nitrogens with one attached hydrogen (secondary N) is 2. The van der Waals surface area contributed by atoms with Gasteiger partial charge in [0, 0.05) is 13.1 Å². The molecule has 1 atom stereocenters. The van der Waals surface area contributed by atoms with E-state index in [9.17, 15) is 14.7 Å². The Balaban J connectivity index is 3.74. The molecule has 0 aromatic carbocycles. The van der Waals surface area contributed by atoms with Crippen LogP contribution in [0.4, 0.5) is 0 Å². The molecule has 0 aliphatic heterocycles. The first kappa shape index (κ1) is 14.9. The van der Waals surface area contributed by atoms with Gasteiger partial charge < -0.3 is 20.8 Å². The molecule has 1 amide bonds. The number of hydrogen-bond donors (Lipinski definition) is 4. The summed E-state index contributed by atoms with van der Waals surface area (Å²) in [5.41, 5.74) is -1.85. The Morgan fingerprint density at radius 2 is 1.94 bits per heavy atom. The average molecular weight is 232 g/mol. The molecule has 0 aromatic heterocycles. The topological polar surface area (TPSA) is 98.7 Å². The Morgan fingerprint density at radius 3 is 2.38 bits per heavy atom. The Morgan fingerprint density at radius 1 is 1.38 bits per heavy atom. The summed E-state index contributed by atoms with van der Waals surface area (Å²) in [5, 5.41) is 23.2. The first-order valence-electron chi connectivity index (χ1n) is 5.19. The summed E-state index contributed by atoms with van der Waals surface area (Å²) in [6, 6.07) is 0. The van der Waals surface area contributed by atoms with E-state index in [1.54, 1.807) is 0 Å². The van der Waals surface area contributed by atoms with Gasteiger partial charge in [-0.3, -0.25) is 4.79 Å². The third-order valence-electron chi connectivity index (χ3n) is 1.92. The number of amides is 1. The molecule has 0 spiro atoms. The largest absolute Gasteiger partial charge is 0.479 e. The maximum absolute atomic E-state index is 11.2. The molecule has 0 rings (SSSR count). The Kier molecular flexibility index (Phi) is 5.98. The summed E-state index contributed by atoms with van der Waals surface area (Å²) in [7, 11) is 0. The van der Waals surface area contributed by atoms with Gasteiger partial charge in [-0.05, 0) is 12.8 Å². The Bertz CT molecular complexity index is 251. The number of carboxylic acid groups (broad SMARTS) is 1. The van der Waals surface area contributed by atoms with Gasteiger partial charge in [-0.25, -0.2) is 4.79 Å². The van der Waals surface area contributed by atoms with Crippen molar-refractivity contribution in [3.63, 3.8) is 0 Å². The molecule has 0 saturated carbocycles. The number of rotatable bonds is 7. The maximum atomic E-state index is 11.2. The van der Waals surface area contributed by atoms with Crippen LogP contribution in [0.5, 0.6) is 0 Å². The second-order valence-electron chi connectivity index (χ2n) is 4.38. The first-order valence-corrected chi connectivity index (χ1v) is 5.19. The fraction of sp³-hybridized carbons (Fsp3) is 0.800. The maximum Gasteiger partial charge on any atom is 0.336 e. The molecular weight excluding hydrogens is 212 g/mol. The number of carbonyl (C=O) groups excluding carboxylic acids is 1. The van der Waals surface area contributed by atoms with Crippen LogP contribution >= 0.6 is 0 Å². The number of aliphatic hydroxyl groups is 1. The lowest BCUT2D eigenvalue weighted by Crippen LogP contribution is -2.47. The summed E-state index contributed by atoms with van der Waals surface area (Å²) in [6.45, 7) is 5.53. The van der Waals surface area contributed by atoms with Crippen LogP contribution in [0.25, 0.3) is 0 Å². The van der Waals surface area contributed by atoms with E-state index < -0.39 is 11.6 Å². The van der Waals surface area contributed by atoms with E-state index in [2.05, 4.69) is 10.6 Å². The Labute approximate surface area is 95.0 Å². The van der Waals surface area contributed by atoms with Gasteiger partial charge in [0.15, 0.2) is 5.60 Å². The van der Waals surface area contributed by atoms with Crippen LogP contribution in [-0.2, 0) is 9.59 Å². The van der Waals surface area contributed by atoms with Crippen molar-refractivity contribution in [2.75, 3.05) is 19.6 Å². The van der Waals surface area contributed by atoms with Crippen LogP contribution in [0.3, 0.4) is 0 Å². The monoisotopic (exact) mass is 232 g/mol. The van der Waals surface area contributed by atoms with E-state index in [1.165, 1.54) is 6.92 Å². The van der Waals surface area contributed by atoms with Gasteiger partial charge in [0.25, 0.3) is 0 Å². The SMILES string of the molecule is CC(C)CNC(=O)CNCC(C)(O)C(=O)O. The first-order chi connectivity index (χ1) is 7.25. The minimum Gasteiger partial charge on any atom is -0.479 e. The minimum atomic E-state index is -1.85. The van der Waals surface area contributed by atoms with Crippen LogP contribution in [0.1, 0.15) is 20.8 Å². The van der Waals surface area contributed by atoms with E-state index in [1.807, 2.05) is 13.8 Å².